The Hall–Kier alpha value is -1.50. The molecule has 0 saturated carbocycles. The molecule has 1 aliphatic rings. The summed E-state index contributed by atoms with van der Waals surface area (Å²) in [6, 6.07) is 3.67. The average Bonchev–Trinajstić information content (AvgIpc) is 2.98. The van der Waals surface area contributed by atoms with Crippen molar-refractivity contribution in [2.45, 2.75) is 13.0 Å². The molecule has 2 aromatic heterocycles. The van der Waals surface area contributed by atoms with Gasteiger partial charge < -0.3 is 9.84 Å². The van der Waals surface area contributed by atoms with Crippen LogP contribution in [-0.4, -0.2) is 46.2 Å². The number of aromatic nitrogens is 3. The van der Waals surface area contributed by atoms with Crippen LogP contribution in [0.4, 0.5) is 0 Å². The smallest absolute Gasteiger partial charge is 0.276 e. The van der Waals surface area contributed by atoms with Crippen LogP contribution in [-0.2, 0) is 0 Å². The summed E-state index contributed by atoms with van der Waals surface area (Å²) in [5.74, 6) is 1.12. The molecular weight excluding hydrogens is 278 g/mol. The van der Waals surface area contributed by atoms with Gasteiger partial charge in [0.1, 0.15) is 5.69 Å². The quantitative estimate of drug-likeness (QED) is 0.930. The van der Waals surface area contributed by atoms with Gasteiger partial charge in [-0.3, -0.25) is 4.90 Å². The molecule has 0 radical (unpaired) electrons. The summed E-state index contributed by atoms with van der Waals surface area (Å²) in [7, 11) is 0. The molecule has 20 heavy (non-hydrogen) atoms. The number of hydrogen-bond donors (Lipinski definition) is 1. The SMILES string of the molecule is CC(c1noc(-c2ccc(Cl)cn2)n1)N1CCNCC1. The molecule has 1 unspecified atom stereocenters. The second-order valence-electron chi connectivity index (χ2n) is 4.78. The predicted molar refractivity (Wildman–Crippen MR) is 75.4 cm³/mol. The molecule has 0 bridgehead atoms. The van der Waals surface area contributed by atoms with Gasteiger partial charge in [0.25, 0.3) is 5.89 Å². The zero-order valence-electron chi connectivity index (χ0n) is 11.2. The highest BCUT2D eigenvalue weighted by atomic mass is 35.5. The third-order valence-electron chi connectivity index (χ3n) is 3.46. The van der Waals surface area contributed by atoms with Gasteiger partial charge in [-0.05, 0) is 19.1 Å². The van der Waals surface area contributed by atoms with Crippen LogP contribution in [0.25, 0.3) is 11.6 Å². The van der Waals surface area contributed by atoms with E-state index in [1.807, 2.05) is 0 Å². The van der Waals surface area contributed by atoms with Gasteiger partial charge >= 0.3 is 0 Å². The first kappa shape index (κ1) is 13.5. The maximum absolute atomic E-state index is 5.81. The first-order valence-electron chi connectivity index (χ1n) is 6.64. The van der Waals surface area contributed by atoms with Crippen molar-refractivity contribution in [1.29, 1.82) is 0 Å². The van der Waals surface area contributed by atoms with Crippen LogP contribution >= 0.6 is 11.6 Å². The topological polar surface area (TPSA) is 67.1 Å². The molecule has 7 heteroatoms. The maximum atomic E-state index is 5.81. The number of halogens is 1. The van der Waals surface area contributed by atoms with Gasteiger partial charge in [-0.25, -0.2) is 4.98 Å². The molecule has 106 valence electrons. The molecule has 3 rings (SSSR count). The van der Waals surface area contributed by atoms with E-state index in [-0.39, 0.29) is 6.04 Å². The van der Waals surface area contributed by atoms with Crippen molar-refractivity contribution >= 4 is 11.6 Å². The van der Waals surface area contributed by atoms with Gasteiger partial charge in [0.15, 0.2) is 5.82 Å². The van der Waals surface area contributed by atoms with Crippen LogP contribution in [0.1, 0.15) is 18.8 Å². The van der Waals surface area contributed by atoms with E-state index in [2.05, 4.69) is 32.3 Å². The molecule has 0 spiro atoms. The average molecular weight is 294 g/mol. The van der Waals surface area contributed by atoms with E-state index in [0.717, 1.165) is 26.2 Å². The number of piperazine rings is 1. The lowest BCUT2D eigenvalue weighted by Crippen LogP contribution is -2.44. The molecule has 1 atom stereocenters. The van der Waals surface area contributed by atoms with Gasteiger partial charge in [0, 0.05) is 32.4 Å². The van der Waals surface area contributed by atoms with Crippen molar-refractivity contribution in [3.05, 3.63) is 29.2 Å². The minimum Gasteiger partial charge on any atom is -0.332 e. The van der Waals surface area contributed by atoms with Crippen molar-refractivity contribution in [1.82, 2.24) is 25.3 Å². The minimum atomic E-state index is 0.141. The van der Waals surface area contributed by atoms with E-state index in [9.17, 15) is 0 Å². The largest absolute Gasteiger partial charge is 0.332 e. The van der Waals surface area contributed by atoms with E-state index >= 15 is 0 Å². The normalized spacial score (nSPS) is 18.1. The van der Waals surface area contributed by atoms with E-state index in [1.165, 1.54) is 0 Å². The second-order valence-corrected chi connectivity index (χ2v) is 5.22. The number of pyridine rings is 1. The van der Waals surface area contributed by atoms with Gasteiger partial charge in [0.05, 0.1) is 11.1 Å². The zero-order valence-corrected chi connectivity index (χ0v) is 12.0. The fraction of sp³-hybridized carbons (Fsp3) is 0.462. The fourth-order valence-corrected chi connectivity index (χ4v) is 2.36. The highest BCUT2D eigenvalue weighted by Gasteiger charge is 2.22. The second kappa shape index (κ2) is 5.87. The Morgan fingerprint density at radius 2 is 2.15 bits per heavy atom. The van der Waals surface area contributed by atoms with E-state index < -0.39 is 0 Å². The molecule has 0 amide bonds. The van der Waals surface area contributed by atoms with Crippen molar-refractivity contribution < 1.29 is 4.52 Å². The molecule has 2 aromatic rings. The Bertz CT molecular complexity index is 564. The molecule has 1 saturated heterocycles. The number of rotatable bonds is 3. The number of hydrogen-bond acceptors (Lipinski definition) is 6. The van der Waals surface area contributed by atoms with Gasteiger partial charge in [0.2, 0.25) is 0 Å². The first-order valence-corrected chi connectivity index (χ1v) is 7.02. The first-order chi connectivity index (χ1) is 9.74. The summed E-state index contributed by atoms with van der Waals surface area (Å²) in [6.45, 7) is 6.06. The summed E-state index contributed by atoms with van der Waals surface area (Å²) < 4.78 is 5.29. The van der Waals surface area contributed by atoms with Crippen LogP contribution in [0.3, 0.4) is 0 Å². The molecule has 1 fully saturated rings. The predicted octanol–water partition coefficient (Wildman–Crippen LogP) is 1.75. The minimum absolute atomic E-state index is 0.141. The van der Waals surface area contributed by atoms with Gasteiger partial charge in [-0.1, -0.05) is 16.8 Å². The summed E-state index contributed by atoms with van der Waals surface area (Å²) in [6.07, 6.45) is 1.57. The number of nitrogens with one attached hydrogen (secondary N) is 1. The molecule has 0 aliphatic carbocycles. The number of nitrogens with zero attached hydrogens (tertiary/aromatic N) is 4. The van der Waals surface area contributed by atoms with Crippen molar-refractivity contribution in [2.75, 3.05) is 26.2 Å². The Morgan fingerprint density at radius 3 is 2.85 bits per heavy atom. The van der Waals surface area contributed by atoms with E-state index in [0.29, 0.717) is 22.4 Å². The highest BCUT2D eigenvalue weighted by molar-refractivity contribution is 6.30. The van der Waals surface area contributed by atoms with Crippen molar-refractivity contribution in [3.63, 3.8) is 0 Å². The van der Waals surface area contributed by atoms with E-state index in [4.69, 9.17) is 16.1 Å². The maximum Gasteiger partial charge on any atom is 0.276 e. The standard InChI is InChI=1S/C13H16ClN5O/c1-9(19-6-4-15-5-7-19)12-17-13(20-18-12)11-3-2-10(14)8-16-11/h2-3,8-9,15H,4-7H2,1H3. The van der Waals surface area contributed by atoms with Crippen LogP contribution in [0.15, 0.2) is 22.9 Å². The molecule has 1 N–H and O–H groups in total. The summed E-state index contributed by atoms with van der Waals surface area (Å²) >= 11 is 5.81. The van der Waals surface area contributed by atoms with Crippen LogP contribution in [0, 0.1) is 0 Å². The third-order valence-corrected chi connectivity index (χ3v) is 3.68. The lowest BCUT2D eigenvalue weighted by molar-refractivity contribution is 0.176. The van der Waals surface area contributed by atoms with E-state index in [1.54, 1.807) is 18.3 Å². The Morgan fingerprint density at radius 1 is 1.35 bits per heavy atom. The Kier molecular flexibility index (Phi) is 3.95. The van der Waals surface area contributed by atoms with Gasteiger partial charge in [-0.2, -0.15) is 4.98 Å². The van der Waals surface area contributed by atoms with Crippen LogP contribution in [0.5, 0.6) is 0 Å². The lowest BCUT2D eigenvalue weighted by atomic mass is 10.2. The third kappa shape index (κ3) is 2.82. The monoisotopic (exact) mass is 293 g/mol. The van der Waals surface area contributed by atoms with Gasteiger partial charge in [-0.15, -0.1) is 0 Å². The fourth-order valence-electron chi connectivity index (χ4n) is 2.24. The van der Waals surface area contributed by atoms with Crippen LogP contribution < -0.4 is 5.32 Å². The van der Waals surface area contributed by atoms with Crippen molar-refractivity contribution in [2.24, 2.45) is 0 Å². The summed E-state index contributed by atoms with van der Waals surface area (Å²) in [5, 5.41) is 7.98. The van der Waals surface area contributed by atoms with Crippen LogP contribution in [0.2, 0.25) is 5.02 Å². The summed E-state index contributed by atoms with van der Waals surface area (Å²) in [4.78, 5) is 11.0. The molecule has 6 nitrogen and oxygen atoms in total. The molecule has 0 aromatic carbocycles. The molecular formula is C13H16ClN5O. The molecule has 1 aliphatic heterocycles. The highest BCUT2D eigenvalue weighted by Crippen LogP contribution is 2.22. The zero-order chi connectivity index (χ0) is 13.9. The lowest BCUT2D eigenvalue weighted by Gasteiger charge is -2.30. The Labute approximate surface area is 122 Å². The summed E-state index contributed by atoms with van der Waals surface area (Å²) in [5.41, 5.74) is 0.640. The van der Waals surface area contributed by atoms with Crippen molar-refractivity contribution in [3.8, 4) is 11.6 Å². The molecule has 3 heterocycles. The Balaban J connectivity index is 1.77.